The van der Waals surface area contributed by atoms with Crippen molar-refractivity contribution in [3.63, 3.8) is 0 Å². The van der Waals surface area contributed by atoms with E-state index in [4.69, 9.17) is 28.0 Å². The molecule has 0 spiro atoms. The molecule has 1 heterocycles. The average molecular weight is 679 g/mol. The van der Waals surface area contributed by atoms with Gasteiger partial charge in [-0.3, -0.25) is 14.4 Å². The molecule has 0 aromatic heterocycles. The van der Waals surface area contributed by atoms with E-state index in [1.165, 1.54) is 35.2 Å². The normalized spacial score (nSPS) is 21.7. The number of benzene rings is 3. The van der Waals surface area contributed by atoms with Gasteiger partial charge in [-0.05, 0) is 72.0 Å². The Kier molecular flexibility index (Phi) is 9.80. The number of nitrogens with zero attached hydrogens (tertiary/aromatic N) is 1. The number of carbonyl (C=O) groups excluding carboxylic acids is 2. The first-order valence-electron chi connectivity index (χ1n) is 14.1. The van der Waals surface area contributed by atoms with Gasteiger partial charge in [0.25, 0.3) is 11.8 Å². The van der Waals surface area contributed by atoms with Crippen molar-refractivity contribution < 1.29 is 37.1 Å². The fraction of sp³-hybridized carbons (Fsp3) is 0.323. The maximum atomic E-state index is 14.7. The highest BCUT2D eigenvalue weighted by atomic mass is 35.5. The Morgan fingerprint density at radius 3 is 2.51 bits per heavy atom. The molecule has 2 aliphatic rings. The summed E-state index contributed by atoms with van der Waals surface area (Å²) in [5.41, 5.74) is 3.44. The molecule has 45 heavy (non-hydrogen) atoms. The minimum absolute atomic E-state index is 0.0375. The fourth-order valence-corrected chi connectivity index (χ4v) is 7.54. The number of hydrogen-bond donors (Lipinski definition) is 3. The highest BCUT2D eigenvalue weighted by molar-refractivity contribution is 7.88. The third-order valence-corrected chi connectivity index (χ3v) is 9.32. The molecule has 4 atom stereocenters. The van der Waals surface area contributed by atoms with Crippen LogP contribution in [0.2, 0.25) is 10.0 Å². The van der Waals surface area contributed by atoms with Crippen LogP contribution in [0.25, 0.3) is 0 Å². The molecule has 238 valence electrons. The number of nitrogens with one attached hydrogen (secondary N) is 2. The zero-order chi connectivity index (χ0) is 32.5. The van der Waals surface area contributed by atoms with Crippen LogP contribution < -0.4 is 10.2 Å². The largest absolute Gasteiger partial charge is 0.478 e. The summed E-state index contributed by atoms with van der Waals surface area (Å²) < 4.78 is 42.1. The summed E-state index contributed by atoms with van der Waals surface area (Å²) in [6.45, 7) is -0.187. The van der Waals surface area contributed by atoms with Crippen LogP contribution in [0.1, 0.15) is 75.0 Å². The number of hydrogen-bond acceptors (Lipinski definition) is 6. The summed E-state index contributed by atoms with van der Waals surface area (Å²) in [7, 11) is -3.67. The molecule has 10 nitrogen and oxygen atoms in total. The number of fused-ring (bicyclic) bond motifs is 1. The van der Waals surface area contributed by atoms with Gasteiger partial charge in [0.1, 0.15) is 5.82 Å². The molecule has 1 saturated carbocycles. The van der Waals surface area contributed by atoms with Crippen molar-refractivity contribution in [3.8, 4) is 0 Å². The third-order valence-electron chi connectivity index (χ3n) is 8.03. The Bertz CT molecular complexity index is 1760. The molecule has 0 unspecified atom stereocenters. The molecule has 0 saturated heterocycles. The van der Waals surface area contributed by atoms with Crippen molar-refractivity contribution in [1.82, 2.24) is 15.1 Å². The number of carboxylic acid groups (broad SMARTS) is 1. The van der Waals surface area contributed by atoms with E-state index in [1.54, 1.807) is 18.2 Å². The van der Waals surface area contributed by atoms with Gasteiger partial charge in [0.15, 0.2) is 0 Å². The lowest BCUT2D eigenvalue weighted by Gasteiger charge is -2.49. The van der Waals surface area contributed by atoms with E-state index in [9.17, 15) is 32.3 Å². The number of halogens is 3. The molecule has 1 aliphatic carbocycles. The second-order valence-electron chi connectivity index (χ2n) is 11.1. The molecule has 14 heteroatoms. The van der Waals surface area contributed by atoms with Crippen LogP contribution in [0.5, 0.6) is 0 Å². The summed E-state index contributed by atoms with van der Waals surface area (Å²) in [6.07, 6.45) is 3.35. The van der Waals surface area contributed by atoms with E-state index in [0.29, 0.717) is 35.4 Å². The SMILES string of the molecule is CS(=O)(=O)N[C@H]1CCCC[C@@H]1N1C(=O)c2ccc(F)cc2[C@@H](C(=O)NOCc2cccc(C(=O)O)c2)[C@@H]1c1ccc(Cl)cc1Cl. The summed E-state index contributed by atoms with van der Waals surface area (Å²) >= 11 is 12.9. The standard InChI is InChI=1S/C31H30Cl2FN3O7S/c1-45(42,43)36-25-7-2-3-8-26(25)37-28(22-11-9-19(32)14-24(22)33)27(23-15-20(34)10-12-21(23)30(37)39)29(38)35-44-16-17-5-4-6-18(13-17)31(40)41/h4-6,9-15,25-28,36H,2-3,7-8,16H2,1H3,(H,35,38)(H,40,41)/t25-,26-,27+,28-/m0/s1. The Morgan fingerprint density at radius 1 is 1.04 bits per heavy atom. The molecule has 1 aliphatic heterocycles. The van der Waals surface area contributed by atoms with Crippen LogP contribution >= 0.6 is 23.2 Å². The van der Waals surface area contributed by atoms with E-state index in [2.05, 4.69) is 10.2 Å². The average Bonchev–Trinajstić information content (AvgIpc) is 2.97. The van der Waals surface area contributed by atoms with Gasteiger partial charge >= 0.3 is 5.97 Å². The lowest BCUT2D eigenvalue weighted by atomic mass is 9.76. The van der Waals surface area contributed by atoms with E-state index >= 15 is 0 Å². The number of carbonyl (C=O) groups is 3. The number of carboxylic acids is 1. The molecule has 3 aromatic carbocycles. The fourth-order valence-electron chi connectivity index (χ4n) is 6.20. The monoisotopic (exact) mass is 677 g/mol. The number of aromatic carboxylic acids is 1. The summed E-state index contributed by atoms with van der Waals surface area (Å²) in [5.74, 6) is -4.29. The Balaban J connectivity index is 1.59. The van der Waals surface area contributed by atoms with E-state index in [1.807, 2.05) is 0 Å². The highest BCUT2D eigenvalue weighted by Crippen LogP contribution is 2.48. The van der Waals surface area contributed by atoms with Crippen molar-refractivity contribution in [1.29, 1.82) is 0 Å². The summed E-state index contributed by atoms with van der Waals surface area (Å²) in [5, 5.41) is 9.75. The van der Waals surface area contributed by atoms with Gasteiger partial charge in [0.05, 0.1) is 30.4 Å². The molecule has 5 rings (SSSR count). The van der Waals surface area contributed by atoms with Crippen LogP contribution in [0.4, 0.5) is 4.39 Å². The van der Waals surface area contributed by atoms with Crippen molar-refractivity contribution in [2.24, 2.45) is 0 Å². The zero-order valence-electron chi connectivity index (χ0n) is 24.0. The molecule has 0 bridgehead atoms. The van der Waals surface area contributed by atoms with Gasteiger partial charge < -0.3 is 10.0 Å². The number of rotatable bonds is 9. The Hall–Kier alpha value is -3.55. The predicted octanol–water partition coefficient (Wildman–Crippen LogP) is 5.22. The molecule has 2 amide bonds. The molecular weight excluding hydrogens is 648 g/mol. The van der Waals surface area contributed by atoms with Crippen molar-refractivity contribution in [3.05, 3.63) is 104 Å². The highest BCUT2D eigenvalue weighted by Gasteiger charge is 2.49. The second kappa shape index (κ2) is 13.4. The van der Waals surface area contributed by atoms with Crippen LogP contribution in [0.15, 0.2) is 60.7 Å². The number of amides is 2. The molecule has 1 fully saturated rings. The Labute approximate surface area is 269 Å². The summed E-state index contributed by atoms with van der Waals surface area (Å²) in [6, 6.07) is 11.7. The molecule has 3 N–H and O–H groups in total. The van der Waals surface area contributed by atoms with Crippen LogP contribution in [-0.4, -0.2) is 54.5 Å². The first kappa shape index (κ1) is 32.8. The first-order chi connectivity index (χ1) is 21.3. The maximum Gasteiger partial charge on any atom is 0.335 e. The predicted molar refractivity (Wildman–Crippen MR) is 165 cm³/mol. The van der Waals surface area contributed by atoms with Crippen LogP contribution in [-0.2, 0) is 26.3 Å². The van der Waals surface area contributed by atoms with E-state index < -0.39 is 57.7 Å². The van der Waals surface area contributed by atoms with Gasteiger partial charge in [-0.15, -0.1) is 0 Å². The maximum absolute atomic E-state index is 14.7. The lowest BCUT2D eigenvalue weighted by Crippen LogP contribution is -2.59. The summed E-state index contributed by atoms with van der Waals surface area (Å²) in [4.78, 5) is 46.7. The van der Waals surface area contributed by atoms with Crippen LogP contribution in [0.3, 0.4) is 0 Å². The minimum Gasteiger partial charge on any atom is -0.478 e. The Morgan fingerprint density at radius 2 is 1.80 bits per heavy atom. The van der Waals surface area contributed by atoms with Crippen molar-refractivity contribution in [2.45, 2.75) is 56.3 Å². The van der Waals surface area contributed by atoms with Gasteiger partial charge in [-0.2, -0.15) is 0 Å². The number of sulfonamides is 1. The quantitative estimate of drug-likeness (QED) is 0.264. The van der Waals surface area contributed by atoms with Gasteiger partial charge in [-0.1, -0.05) is 54.2 Å². The minimum atomic E-state index is -3.67. The topological polar surface area (TPSA) is 142 Å². The van der Waals surface area contributed by atoms with Gasteiger partial charge in [-0.25, -0.2) is 27.8 Å². The number of hydroxylamine groups is 1. The molecular formula is C31H30Cl2FN3O7S. The van der Waals surface area contributed by atoms with Crippen molar-refractivity contribution in [2.75, 3.05) is 6.26 Å². The lowest BCUT2D eigenvalue weighted by molar-refractivity contribution is -0.138. The molecule has 0 radical (unpaired) electrons. The third kappa shape index (κ3) is 7.31. The first-order valence-corrected chi connectivity index (χ1v) is 16.8. The van der Waals surface area contributed by atoms with Crippen LogP contribution in [0, 0.1) is 5.82 Å². The van der Waals surface area contributed by atoms with Gasteiger partial charge in [0.2, 0.25) is 10.0 Å². The van der Waals surface area contributed by atoms with Gasteiger partial charge in [0, 0.05) is 27.7 Å². The zero-order valence-corrected chi connectivity index (χ0v) is 26.3. The molecule has 3 aromatic rings. The second-order valence-corrected chi connectivity index (χ2v) is 13.8. The van der Waals surface area contributed by atoms with E-state index in [-0.39, 0.29) is 28.3 Å². The smallest absolute Gasteiger partial charge is 0.335 e. The van der Waals surface area contributed by atoms with E-state index in [0.717, 1.165) is 24.8 Å². The van der Waals surface area contributed by atoms with Crippen molar-refractivity contribution >= 4 is 51.0 Å².